The molecular weight excluding hydrogens is 270 g/mol. The van der Waals surface area contributed by atoms with E-state index >= 15 is 0 Å². The van der Waals surface area contributed by atoms with Gasteiger partial charge in [0.2, 0.25) is 5.13 Å². The van der Waals surface area contributed by atoms with E-state index in [4.69, 9.17) is 4.74 Å². The van der Waals surface area contributed by atoms with Crippen LogP contribution in [0.4, 0.5) is 10.8 Å². The summed E-state index contributed by atoms with van der Waals surface area (Å²) in [7, 11) is 0. The van der Waals surface area contributed by atoms with Gasteiger partial charge in [-0.2, -0.15) is 4.37 Å². The van der Waals surface area contributed by atoms with Crippen LogP contribution < -0.4 is 5.32 Å². The van der Waals surface area contributed by atoms with Gasteiger partial charge < -0.3 is 10.1 Å². The SMILES string of the molecule is CCOCc1ccc(Nc2nc(CC(C)C)ns2)cc1. The van der Waals surface area contributed by atoms with Crippen molar-refractivity contribution in [3.63, 3.8) is 0 Å². The fourth-order valence-corrected chi connectivity index (χ4v) is 2.40. The lowest BCUT2D eigenvalue weighted by Crippen LogP contribution is -1.97. The molecule has 2 rings (SSSR count). The third-order valence-electron chi connectivity index (χ3n) is 2.74. The Labute approximate surface area is 124 Å². The van der Waals surface area contributed by atoms with Gasteiger partial charge in [-0.25, -0.2) is 4.98 Å². The molecule has 0 unspecified atom stereocenters. The zero-order valence-corrected chi connectivity index (χ0v) is 13.0. The van der Waals surface area contributed by atoms with Gasteiger partial charge in [-0.3, -0.25) is 0 Å². The van der Waals surface area contributed by atoms with Gasteiger partial charge in [0.1, 0.15) is 5.82 Å². The zero-order valence-electron chi connectivity index (χ0n) is 12.2. The van der Waals surface area contributed by atoms with Crippen molar-refractivity contribution in [2.75, 3.05) is 11.9 Å². The van der Waals surface area contributed by atoms with Crippen molar-refractivity contribution in [2.24, 2.45) is 5.92 Å². The number of nitrogens with one attached hydrogen (secondary N) is 1. The summed E-state index contributed by atoms with van der Waals surface area (Å²) in [5.74, 6) is 1.50. The normalized spacial score (nSPS) is 11.0. The van der Waals surface area contributed by atoms with Crippen molar-refractivity contribution < 1.29 is 4.74 Å². The Morgan fingerprint density at radius 1 is 1.25 bits per heavy atom. The molecule has 1 aromatic heterocycles. The fraction of sp³-hybridized carbons (Fsp3) is 0.467. The van der Waals surface area contributed by atoms with Crippen LogP contribution in [0.3, 0.4) is 0 Å². The van der Waals surface area contributed by atoms with E-state index in [2.05, 4.69) is 40.7 Å². The Kier molecular flexibility index (Phi) is 5.49. The van der Waals surface area contributed by atoms with Crippen LogP contribution in [0, 0.1) is 5.92 Å². The second-order valence-corrected chi connectivity index (χ2v) is 5.82. The van der Waals surface area contributed by atoms with Crippen LogP contribution in [0.5, 0.6) is 0 Å². The Hall–Kier alpha value is -1.46. The molecule has 1 N–H and O–H groups in total. The van der Waals surface area contributed by atoms with Crippen LogP contribution in [0.2, 0.25) is 0 Å². The van der Waals surface area contributed by atoms with E-state index in [0.29, 0.717) is 12.5 Å². The number of nitrogens with zero attached hydrogens (tertiary/aromatic N) is 2. The number of hydrogen-bond donors (Lipinski definition) is 1. The van der Waals surface area contributed by atoms with Gasteiger partial charge in [-0.05, 0) is 30.5 Å². The van der Waals surface area contributed by atoms with Gasteiger partial charge in [0.15, 0.2) is 0 Å². The molecule has 0 saturated heterocycles. The first-order chi connectivity index (χ1) is 9.67. The van der Waals surface area contributed by atoms with Crippen molar-refractivity contribution >= 4 is 22.4 Å². The summed E-state index contributed by atoms with van der Waals surface area (Å²) in [4.78, 5) is 4.49. The topological polar surface area (TPSA) is 47.0 Å². The molecule has 0 atom stereocenters. The van der Waals surface area contributed by atoms with E-state index in [1.807, 2.05) is 19.1 Å². The average molecular weight is 291 g/mol. The van der Waals surface area contributed by atoms with E-state index in [1.54, 1.807) is 0 Å². The highest BCUT2D eigenvalue weighted by molar-refractivity contribution is 7.09. The molecule has 0 aliphatic heterocycles. The Balaban J connectivity index is 1.94. The maximum absolute atomic E-state index is 5.38. The van der Waals surface area contributed by atoms with Crippen molar-refractivity contribution in [1.82, 2.24) is 9.36 Å². The second kappa shape index (κ2) is 7.36. The summed E-state index contributed by atoms with van der Waals surface area (Å²) in [6.45, 7) is 7.74. The molecule has 0 bridgehead atoms. The summed E-state index contributed by atoms with van der Waals surface area (Å²) in [5.41, 5.74) is 2.20. The van der Waals surface area contributed by atoms with Crippen LogP contribution in [-0.4, -0.2) is 16.0 Å². The molecule has 0 fully saturated rings. The van der Waals surface area contributed by atoms with Crippen LogP contribution in [-0.2, 0) is 17.8 Å². The zero-order chi connectivity index (χ0) is 14.4. The van der Waals surface area contributed by atoms with Crippen molar-refractivity contribution in [3.8, 4) is 0 Å². The third-order valence-corrected chi connectivity index (χ3v) is 3.41. The van der Waals surface area contributed by atoms with E-state index in [0.717, 1.165) is 29.7 Å². The van der Waals surface area contributed by atoms with Gasteiger partial charge in [-0.1, -0.05) is 26.0 Å². The molecule has 0 spiro atoms. The Morgan fingerprint density at radius 3 is 2.65 bits per heavy atom. The predicted molar refractivity (Wildman–Crippen MR) is 83.5 cm³/mol. The minimum absolute atomic E-state index is 0.579. The van der Waals surface area contributed by atoms with Crippen LogP contribution in [0.25, 0.3) is 0 Å². The molecule has 1 heterocycles. The number of anilines is 2. The summed E-state index contributed by atoms with van der Waals surface area (Å²) in [6.07, 6.45) is 0.922. The lowest BCUT2D eigenvalue weighted by Gasteiger charge is -2.04. The second-order valence-electron chi connectivity index (χ2n) is 5.07. The average Bonchev–Trinajstić information content (AvgIpc) is 2.84. The maximum atomic E-state index is 5.38. The number of rotatable bonds is 7. The predicted octanol–water partition coefficient (Wildman–Crippen LogP) is 4.02. The molecular formula is C15H21N3OS. The fourth-order valence-electron chi connectivity index (χ4n) is 1.78. The Bertz CT molecular complexity index is 522. The summed E-state index contributed by atoms with van der Waals surface area (Å²) in [5, 5.41) is 4.13. The van der Waals surface area contributed by atoms with Gasteiger partial charge in [0.05, 0.1) is 6.61 Å². The van der Waals surface area contributed by atoms with Crippen LogP contribution >= 0.6 is 11.5 Å². The van der Waals surface area contributed by atoms with Crippen molar-refractivity contribution in [3.05, 3.63) is 35.7 Å². The van der Waals surface area contributed by atoms with Crippen molar-refractivity contribution in [1.29, 1.82) is 0 Å². The monoisotopic (exact) mass is 291 g/mol. The maximum Gasteiger partial charge on any atom is 0.207 e. The van der Waals surface area contributed by atoms with Gasteiger partial charge in [-0.15, -0.1) is 0 Å². The number of aromatic nitrogens is 2. The van der Waals surface area contributed by atoms with E-state index < -0.39 is 0 Å². The lowest BCUT2D eigenvalue weighted by molar-refractivity contribution is 0.134. The molecule has 0 radical (unpaired) electrons. The molecule has 1 aromatic carbocycles. The van der Waals surface area contributed by atoms with Crippen molar-refractivity contribution in [2.45, 2.75) is 33.8 Å². The number of hydrogen-bond acceptors (Lipinski definition) is 5. The standard InChI is InChI=1S/C15H21N3OS/c1-4-19-10-12-5-7-13(8-6-12)16-15-17-14(18-20-15)9-11(2)3/h5-8,11H,4,9-10H2,1-3H3,(H,16,17,18). The van der Waals surface area contributed by atoms with Gasteiger partial charge >= 0.3 is 0 Å². The van der Waals surface area contributed by atoms with E-state index in [1.165, 1.54) is 17.1 Å². The van der Waals surface area contributed by atoms with Gasteiger partial charge in [0.25, 0.3) is 0 Å². The first kappa shape index (κ1) is 14.9. The number of benzene rings is 1. The largest absolute Gasteiger partial charge is 0.377 e. The van der Waals surface area contributed by atoms with Gasteiger partial charge in [0, 0.05) is 30.2 Å². The summed E-state index contributed by atoms with van der Waals surface area (Å²) >= 11 is 1.41. The molecule has 108 valence electrons. The highest BCUT2D eigenvalue weighted by Gasteiger charge is 2.06. The lowest BCUT2D eigenvalue weighted by atomic mass is 10.1. The molecule has 2 aromatic rings. The molecule has 5 heteroatoms. The number of ether oxygens (including phenoxy) is 1. The molecule has 0 aliphatic rings. The van der Waals surface area contributed by atoms with Crippen LogP contribution in [0.1, 0.15) is 32.2 Å². The first-order valence-electron chi connectivity index (χ1n) is 6.93. The molecule has 20 heavy (non-hydrogen) atoms. The molecule has 0 saturated carbocycles. The molecule has 0 amide bonds. The quantitative estimate of drug-likeness (QED) is 0.837. The minimum Gasteiger partial charge on any atom is -0.377 e. The highest BCUT2D eigenvalue weighted by atomic mass is 32.1. The molecule has 0 aliphatic carbocycles. The van der Waals surface area contributed by atoms with E-state index in [-0.39, 0.29) is 0 Å². The van der Waals surface area contributed by atoms with Crippen LogP contribution in [0.15, 0.2) is 24.3 Å². The third kappa shape index (κ3) is 4.58. The molecule has 4 nitrogen and oxygen atoms in total. The minimum atomic E-state index is 0.579. The summed E-state index contributed by atoms with van der Waals surface area (Å²) in [6, 6.07) is 8.21. The van der Waals surface area contributed by atoms with E-state index in [9.17, 15) is 0 Å². The summed E-state index contributed by atoms with van der Waals surface area (Å²) < 4.78 is 9.74. The smallest absolute Gasteiger partial charge is 0.207 e. The highest BCUT2D eigenvalue weighted by Crippen LogP contribution is 2.20. The Morgan fingerprint density at radius 2 is 2.00 bits per heavy atom. The first-order valence-corrected chi connectivity index (χ1v) is 7.71.